The molecule has 3 N–H and O–H groups in total. The van der Waals surface area contributed by atoms with Gasteiger partial charge in [-0.3, -0.25) is 9.45 Å². The SMILES string of the molecule is CC(=CCP(=O)(O)O)C(=O)OO. The molecule has 0 amide bonds. The van der Waals surface area contributed by atoms with Gasteiger partial charge in [-0.25, -0.2) is 4.79 Å². The minimum atomic E-state index is -4.14. The standard InChI is InChI=1S/C5H9O6P/c1-4(5(6)11-7)2-3-12(8,9)10/h2,7H,3H2,1H3,(H2,8,9,10). The molecule has 0 bridgehead atoms. The second kappa shape index (κ2) is 4.37. The van der Waals surface area contributed by atoms with Crippen molar-refractivity contribution in [2.75, 3.05) is 6.16 Å². The minimum absolute atomic E-state index is 0.0548. The van der Waals surface area contributed by atoms with Crippen molar-refractivity contribution in [1.82, 2.24) is 0 Å². The summed E-state index contributed by atoms with van der Waals surface area (Å²) < 4.78 is 10.3. The first-order chi connectivity index (χ1) is 5.37. The highest BCUT2D eigenvalue weighted by molar-refractivity contribution is 7.51. The number of hydrogen-bond acceptors (Lipinski definition) is 4. The van der Waals surface area contributed by atoms with Crippen LogP contribution in [0.4, 0.5) is 0 Å². The van der Waals surface area contributed by atoms with E-state index in [2.05, 4.69) is 4.89 Å². The Balaban J connectivity index is 4.20. The topological polar surface area (TPSA) is 104 Å². The van der Waals surface area contributed by atoms with E-state index in [-0.39, 0.29) is 5.57 Å². The summed E-state index contributed by atoms with van der Waals surface area (Å²) in [5.41, 5.74) is -0.0548. The van der Waals surface area contributed by atoms with E-state index in [0.717, 1.165) is 6.08 Å². The molecule has 0 heterocycles. The normalized spacial score (nSPS) is 12.8. The Bertz CT molecular complexity index is 238. The number of carbonyl (C=O) groups is 1. The van der Waals surface area contributed by atoms with Gasteiger partial charge in [0.15, 0.2) is 0 Å². The molecule has 0 saturated carbocycles. The molecule has 0 unspecified atom stereocenters. The lowest BCUT2D eigenvalue weighted by atomic mass is 10.3. The van der Waals surface area contributed by atoms with Crippen LogP contribution >= 0.6 is 7.60 Å². The van der Waals surface area contributed by atoms with Crippen LogP contribution in [0.5, 0.6) is 0 Å². The van der Waals surface area contributed by atoms with Gasteiger partial charge >= 0.3 is 13.6 Å². The van der Waals surface area contributed by atoms with Crippen molar-refractivity contribution in [2.45, 2.75) is 6.92 Å². The van der Waals surface area contributed by atoms with E-state index in [1.165, 1.54) is 6.92 Å². The second-order valence-electron chi connectivity index (χ2n) is 2.11. The van der Waals surface area contributed by atoms with Crippen molar-refractivity contribution < 1.29 is 29.3 Å². The Labute approximate surface area is 68.6 Å². The summed E-state index contributed by atoms with van der Waals surface area (Å²) in [6, 6.07) is 0. The van der Waals surface area contributed by atoms with Gasteiger partial charge in [-0.1, -0.05) is 6.08 Å². The molecule has 0 aromatic rings. The Morgan fingerprint density at radius 1 is 1.58 bits per heavy atom. The molecule has 0 aliphatic rings. The fourth-order valence-electron chi connectivity index (χ4n) is 0.411. The average molecular weight is 196 g/mol. The number of carbonyl (C=O) groups excluding carboxylic acids is 1. The molecule has 0 saturated heterocycles. The highest BCUT2D eigenvalue weighted by atomic mass is 31.2. The Kier molecular flexibility index (Phi) is 4.12. The Morgan fingerprint density at radius 3 is 2.42 bits per heavy atom. The molecule has 0 atom stereocenters. The van der Waals surface area contributed by atoms with E-state index in [0.29, 0.717) is 0 Å². The Morgan fingerprint density at radius 2 is 2.08 bits per heavy atom. The molecule has 12 heavy (non-hydrogen) atoms. The maximum atomic E-state index is 10.4. The quantitative estimate of drug-likeness (QED) is 0.256. The molecular weight excluding hydrogens is 187 g/mol. The zero-order chi connectivity index (χ0) is 9.78. The van der Waals surface area contributed by atoms with Crippen LogP contribution in [0.25, 0.3) is 0 Å². The number of hydrogen-bond donors (Lipinski definition) is 3. The first kappa shape index (κ1) is 11.3. The molecule has 70 valence electrons. The van der Waals surface area contributed by atoms with Crippen LogP contribution in [0.3, 0.4) is 0 Å². The molecule has 0 spiro atoms. The van der Waals surface area contributed by atoms with Gasteiger partial charge in [-0.2, -0.15) is 5.26 Å². The average Bonchev–Trinajstić information content (AvgIpc) is 1.97. The van der Waals surface area contributed by atoms with Gasteiger partial charge in [0.25, 0.3) is 0 Å². The molecule has 0 radical (unpaired) electrons. The third-order valence-corrected chi connectivity index (χ3v) is 1.70. The third-order valence-electron chi connectivity index (χ3n) is 1.04. The van der Waals surface area contributed by atoms with E-state index >= 15 is 0 Å². The highest BCUT2D eigenvalue weighted by Crippen LogP contribution is 2.34. The van der Waals surface area contributed by atoms with Crippen LogP contribution in [-0.4, -0.2) is 27.2 Å². The lowest BCUT2D eigenvalue weighted by molar-refractivity contribution is -0.229. The minimum Gasteiger partial charge on any atom is -0.324 e. The summed E-state index contributed by atoms with van der Waals surface area (Å²) in [6.45, 7) is 1.27. The first-order valence-corrected chi connectivity index (χ1v) is 4.73. The summed E-state index contributed by atoms with van der Waals surface area (Å²) >= 11 is 0. The molecular formula is C5H9O6P. The van der Waals surface area contributed by atoms with Crippen molar-refractivity contribution in [1.29, 1.82) is 0 Å². The number of allylic oxidation sites excluding steroid dienone is 1. The van der Waals surface area contributed by atoms with Crippen LogP contribution in [0, 0.1) is 0 Å². The van der Waals surface area contributed by atoms with E-state index < -0.39 is 19.7 Å². The van der Waals surface area contributed by atoms with Gasteiger partial charge in [0.1, 0.15) is 0 Å². The van der Waals surface area contributed by atoms with Crippen LogP contribution in [0.15, 0.2) is 11.6 Å². The van der Waals surface area contributed by atoms with E-state index in [1.807, 2.05) is 0 Å². The molecule has 6 nitrogen and oxygen atoms in total. The zero-order valence-electron chi connectivity index (χ0n) is 6.30. The van der Waals surface area contributed by atoms with Gasteiger partial charge in [-0.05, 0) is 6.92 Å². The van der Waals surface area contributed by atoms with Crippen molar-refractivity contribution in [2.24, 2.45) is 0 Å². The zero-order valence-corrected chi connectivity index (χ0v) is 7.19. The van der Waals surface area contributed by atoms with E-state index in [9.17, 15) is 9.36 Å². The Hall–Kier alpha value is -0.680. The summed E-state index contributed by atoms with van der Waals surface area (Å²) in [5.74, 6) is -1.02. The summed E-state index contributed by atoms with van der Waals surface area (Å²) in [7, 11) is -4.14. The fraction of sp³-hybridized carbons (Fsp3) is 0.400. The monoisotopic (exact) mass is 196 g/mol. The van der Waals surface area contributed by atoms with Gasteiger partial charge < -0.3 is 9.79 Å². The maximum Gasteiger partial charge on any atom is 0.368 e. The number of rotatable bonds is 3. The van der Waals surface area contributed by atoms with E-state index in [4.69, 9.17) is 15.0 Å². The van der Waals surface area contributed by atoms with Gasteiger partial charge in [-0.15, -0.1) is 0 Å². The molecule has 7 heteroatoms. The van der Waals surface area contributed by atoms with Crippen LogP contribution in [-0.2, 0) is 14.2 Å². The largest absolute Gasteiger partial charge is 0.368 e. The lowest BCUT2D eigenvalue weighted by Gasteiger charge is -1.99. The van der Waals surface area contributed by atoms with Gasteiger partial charge in [0.05, 0.1) is 6.16 Å². The maximum absolute atomic E-state index is 10.4. The van der Waals surface area contributed by atoms with Gasteiger partial charge in [0.2, 0.25) is 0 Å². The van der Waals surface area contributed by atoms with Crippen molar-refractivity contribution in [3.05, 3.63) is 11.6 Å². The predicted octanol–water partition coefficient (Wildman–Crippen LogP) is 0.127. The van der Waals surface area contributed by atoms with Crippen LogP contribution in [0.1, 0.15) is 6.92 Å². The molecule has 0 aliphatic carbocycles. The van der Waals surface area contributed by atoms with Crippen molar-refractivity contribution in [3.8, 4) is 0 Å². The van der Waals surface area contributed by atoms with Crippen molar-refractivity contribution >= 4 is 13.6 Å². The summed E-state index contributed by atoms with van der Waals surface area (Å²) in [5, 5.41) is 7.85. The van der Waals surface area contributed by atoms with Crippen LogP contribution < -0.4 is 0 Å². The fourth-order valence-corrected chi connectivity index (χ4v) is 0.923. The summed E-state index contributed by atoms with van der Waals surface area (Å²) in [6.07, 6.45) is 0.452. The van der Waals surface area contributed by atoms with Gasteiger partial charge in [0, 0.05) is 5.57 Å². The molecule has 0 aromatic carbocycles. The predicted molar refractivity (Wildman–Crippen MR) is 39.4 cm³/mol. The van der Waals surface area contributed by atoms with Crippen molar-refractivity contribution in [3.63, 3.8) is 0 Å². The van der Waals surface area contributed by atoms with Crippen LogP contribution in [0.2, 0.25) is 0 Å². The smallest absolute Gasteiger partial charge is 0.324 e. The molecule has 0 rings (SSSR count). The third kappa shape index (κ3) is 5.03. The second-order valence-corrected chi connectivity index (χ2v) is 3.81. The molecule has 0 aliphatic heterocycles. The highest BCUT2D eigenvalue weighted by Gasteiger charge is 2.12. The van der Waals surface area contributed by atoms with E-state index in [1.54, 1.807) is 0 Å². The summed E-state index contributed by atoms with van der Waals surface area (Å²) in [4.78, 5) is 30.5. The first-order valence-electron chi connectivity index (χ1n) is 2.94. The lowest BCUT2D eigenvalue weighted by Crippen LogP contribution is -2.02. The molecule has 0 fully saturated rings. The molecule has 0 aromatic heterocycles.